The first-order valence-corrected chi connectivity index (χ1v) is 5.45. The lowest BCUT2D eigenvalue weighted by atomic mass is 10.1. The van der Waals surface area contributed by atoms with Crippen LogP contribution in [0, 0.1) is 18.3 Å². The summed E-state index contributed by atoms with van der Waals surface area (Å²) < 4.78 is 5.30. The number of hydrogen-bond donors (Lipinski definition) is 0. The lowest BCUT2D eigenvalue weighted by Crippen LogP contribution is -2.17. The quantitative estimate of drug-likeness (QED) is 0.807. The van der Waals surface area contributed by atoms with E-state index in [1.165, 1.54) is 0 Å². The molecule has 0 aliphatic carbocycles. The zero-order valence-corrected chi connectivity index (χ0v) is 9.97. The fraction of sp³-hybridized carbons (Fsp3) is 0.214. The fourth-order valence-electron chi connectivity index (χ4n) is 1.77. The summed E-state index contributed by atoms with van der Waals surface area (Å²) in [7, 11) is 1.96. The summed E-state index contributed by atoms with van der Waals surface area (Å²) in [6.45, 7) is 2.68. The van der Waals surface area contributed by atoms with E-state index in [0.717, 1.165) is 17.0 Å². The lowest BCUT2D eigenvalue weighted by Gasteiger charge is -2.19. The summed E-state index contributed by atoms with van der Waals surface area (Å²) >= 11 is 0. The van der Waals surface area contributed by atoms with Crippen molar-refractivity contribution >= 4 is 5.69 Å². The second kappa shape index (κ2) is 4.75. The SMILES string of the molecule is Cc1ccc(C#N)c(N(C)Cc2ccco2)c1. The predicted molar refractivity (Wildman–Crippen MR) is 66.7 cm³/mol. The molecule has 0 radical (unpaired) electrons. The molecule has 0 aliphatic heterocycles. The minimum Gasteiger partial charge on any atom is -0.467 e. The van der Waals surface area contributed by atoms with E-state index in [2.05, 4.69) is 6.07 Å². The molecule has 1 heterocycles. The van der Waals surface area contributed by atoms with Gasteiger partial charge in [-0.15, -0.1) is 0 Å². The van der Waals surface area contributed by atoms with Gasteiger partial charge in [-0.05, 0) is 36.8 Å². The van der Waals surface area contributed by atoms with E-state index in [9.17, 15) is 0 Å². The van der Waals surface area contributed by atoms with Gasteiger partial charge in [0.1, 0.15) is 11.8 Å². The smallest absolute Gasteiger partial charge is 0.123 e. The largest absolute Gasteiger partial charge is 0.467 e. The first-order chi connectivity index (χ1) is 8.20. The van der Waals surface area contributed by atoms with Crippen molar-refractivity contribution in [3.8, 4) is 6.07 Å². The molecule has 2 aromatic rings. The Morgan fingerprint density at radius 2 is 2.18 bits per heavy atom. The molecule has 0 bridgehead atoms. The standard InChI is InChI=1S/C14H14N2O/c1-11-5-6-12(9-15)14(8-11)16(2)10-13-4-3-7-17-13/h3-8H,10H2,1-2H3. The van der Waals surface area contributed by atoms with Crippen molar-refractivity contribution < 1.29 is 4.42 Å². The molecule has 1 aromatic heterocycles. The molecule has 0 unspecified atom stereocenters. The predicted octanol–water partition coefficient (Wildman–Crippen LogP) is 3.10. The average molecular weight is 226 g/mol. The number of furan rings is 1. The molecule has 3 nitrogen and oxygen atoms in total. The number of rotatable bonds is 3. The first kappa shape index (κ1) is 11.3. The summed E-state index contributed by atoms with van der Waals surface area (Å²) in [5.74, 6) is 0.887. The highest BCUT2D eigenvalue weighted by molar-refractivity contribution is 5.60. The highest BCUT2D eigenvalue weighted by atomic mass is 16.3. The maximum Gasteiger partial charge on any atom is 0.123 e. The van der Waals surface area contributed by atoms with Crippen molar-refractivity contribution in [3.63, 3.8) is 0 Å². The maximum atomic E-state index is 9.08. The maximum absolute atomic E-state index is 9.08. The molecular weight excluding hydrogens is 212 g/mol. The summed E-state index contributed by atoms with van der Waals surface area (Å²) in [5, 5.41) is 9.08. The van der Waals surface area contributed by atoms with E-state index in [4.69, 9.17) is 9.68 Å². The van der Waals surface area contributed by atoms with Gasteiger partial charge in [0.2, 0.25) is 0 Å². The first-order valence-electron chi connectivity index (χ1n) is 5.45. The van der Waals surface area contributed by atoms with Crippen LogP contribution in [0.2, 0.25) is 0 Å². The molecule has 0 N–H and O–H groups in total. The monoisotopic (exact) mass is 226 g/mol. The van der Waals surface area contributed by atoms with E-state index in [1.54, 1.807) is 6.26 Å². The van der Waals surface area contributed by atoms with Crippen molar-refractivity contribution in [1.82, 2.24) is 0 Å². The van der Waals surface area contributed by atoms with Gasteiger partial charge < -0.3 is 9.32 Å². The Labute approximate surface area is 101 Å². The van der Waals surface area contributed by atoms with Crippen molar-refractivity contribution in [2.24, 2.45) is 0 Å². The van der Waals surface area contributed by atoms with E-state index in [0.29, 0.717) is 12.1 Å². The van der Waals surface area contributed by atoms with Crippen molar-refractivity contribution in [1.29, 1.82) is 5.26 Å². The minimum absolute atomic E-state index is 0.658. The number of benzene rings is 1. The minimum atomic E-state index is 0.658. The van der Waals surface area contributed by atoms with Gasteiger partial charge in [0.05, 0.1) is 24.1 Å². The zero-order chi connectivity index (χ0) is 12.3. The number of aryl methyl sites for hydroxylation is 1. The molecule has 3 heteroatoms. The number of nitrogens with zero attached hydrogens (tertiary/aromatic N) is 2. The highest BCUT2D eigenvalue weighted by Gasteiger charge is 2.09. The van der Waals surface area contributed by atoms with E-state index in [-0.39, 0.29) is 0 Å². The van der Waals surface area contributed by atoms with E-state index in [1.807, 2.05) is 49.2 Å². The summed E-state index contributed by atoms with van der Waals surface area (Å²) in [5.41, 5.74) is 2.76. The molecule has 0 atom stereocenters. The second-order valence-corrected chi connectivity index (χ2v) is 4.07. The Morgan fingerprint density at radius 1 is 1.35 bits per heavy atom. The third-order valence-electron chi connectivity index (χ3n) is 2.66. The molecule has 0 spiro atoms. The van der Waals surface area contributed by atoms with Gasteiger partial charge in [-0.1, -0.05) is 6.07 Å². The molecule has 0 saturated heterocycles. The second-order valence-electron chi connectivity index (χ2n) is 4.07. The van der Waals surface area contributed by atoms with Gasteiger partial charge in [-0.25, -0.2) is 0 Å². The van der Waals surface area contributed by atoms with Crippen LogP contribution in [0.4, 0.5) is 5.69 Å². The molecule has 1 aromatic carbocycles. The Kier molecular flexibility index (Phi) is 3.15. The van der Waals surface area contributed by atoms with Gasteiger partial charge in [0.25, 0.3) is 0 Å². The summed E-state index contributed by atoms with van der Waals surface area (Å²) in [6.07, 6.45) is 1.66. The molecule has 0 amide bonds. The third-order valence-corrected chi connectivity index (χ3v) is 2.66. The molecule has 2 rings (SSSR count). The van der Waals surface area contributed by atoms with Gasteiger partial charge in [-0.2, -0.15) is 5.26 Å². The van der Waals surface area contributed by atoms with Crippen LogP contribution in [-0.4, -0.2) is 7.05 Å². The van der Waals surface area contributed by atoms with E-state index >= 15 is 0 Å². The Hall–Kier alpha value is -2.21. The number of nitriles is 1. The molecule has 0 saturated carbocycles. The van der Waals surface area contributed by atoms with Crippen LogP contribution < -0.4 is 4.90 Å². The van der Waals surface area contributed by atoms with E-state index < -0.39 is 0 Å². The average Bonchev–Trinajstić information content (AvgIpc) is 2.81. The van der Waals surface area contributed by atoms with Crippen LogP contribution in [0.15, 0.2) is 41.0 Å². The molecule has 17 heavy (non-hydrogen) atoms. The van der Waals surface area contributed by atoms with Gasteiger partial charge in [0, 0.05) is 7.05 Å². The van der Waals surface area contributed by atoms with Crippen LogP contribution in [0.25, 0.3) is 0 Å². The lowest BCUT2D eigenvalue weighted by molar-refractivity contribution is 0.507. The number of anilines is 1. The highest BCUT2D eigenvalue weighted by Crippen LogP contribution is 2.22. The molecule has 86 valence electrons. The molecule has 0 fully saturated rings. The van der Waals surface area contributed by atoms with Crippen molar-refractivity contribution in [2.45, 2.75) is 13.5 Å². The molecule has 0 aliphatic rings. The van der Waals surface area contributed by atoms with Crippen LogP contribution >= 0.6 is 0 Å². The Bertz CT molecular complexity index is 538. The zero-order valence-electron chi connectivity index (χ0n) is 9.97. The number of hydrogen-bond acceptors (Lipinski definition) is 3. The normalized spacial score (nSPS) is 9.94. The van der Waals surface area contributed by atoms with Gasteiger partial charge in [-0.3, -0.25) is 0 Å². The summed E-state index contributed by atoms with van der Waals surface area (Å²) in [6, 6.07) is 11.8. The third kappa shape index (κ3) is 2.48. The van der Waals surface area contributed by atoms with Crippen LogP contribution in [0.1, 0.15) is 16.9 Å². The molecular formula is C14H14N2O. The van der Waals surface area contributed by atoms with Crippen LogP contribution in [0.5, 0.6) is 0 Å². The Morgan fingerprint density at radius 3 is 2.82 bits per heavy atom. The van der Waals surface area contributed by atoms with Crippen molar-refractivity contribution in [2.75, 3.05) is 11.9 Å². The van der Waals surface area contributed by atoms with Gasteiger partial charge in [0.15, 0.2) is 0 Å². The van der Waals surface area contributed by atoms with Crippen LogP contribution in [0.3, 0.4) is 0 Å². The Balaban J connectivity index is 2.27. The fourth-order valence-corrected chi connectivity index (χ4v) is 1.77. The van der Waals surface area contributed by atoms with Crippen molar-refractivity contribution in [3.05, 3.63) is 53.5 Å². The summed E-state index contributed by atoms with van der Waals surface area (Å²) in [4.78, 5) is 2.02. The topological polar surface area (TPSA) is 40.2 Å². The van der Waals surface area contributed by atoms with Gasteiger partial charge >= 0.3 is 0 Å². The van der Waals surface area contributed by atoms with Crippen LogP contribution in [-0.2, 0) is 6.54 Å².